The van der Waals surface area contributed by atoms with Crippen molar-refractivity contribution in [1.29, 1.82) is 0 Å². The van der Waals surface area contributed by atoms with Gasteiger partial charge >= 0.3 is 0 Å². The van der Waals surface area contributed by atoms with E-state index in [0.29, 0.717) is 6.54 Å². The van der Waals surface area contributed by atoms with Crippen molar-refractivity contribution in [2.45, 2.75) is 30.8 Å². The normalized spacial score (nSPS) is 11.8. The molecule has 0 saturated carbocycles. The van der Waals surface area contributed by atoms with E-state index in [-0.39, 0.29) is 11.2 Å². The maximum Gasteiger partial charge on any atom is 0.232 e. The summed E-state index contributed by atoms with van der Waals surface area (Å²) < 4.78 is 5.35. The fourth-order valence-corrected chi connectivity index (χ4v) is 3.28. The third kappa shape index (κ3) is 5.93. The van der Waals surface area contributed by atoms with E-state index in [1.165, 1.54) is 11.1 Å². The van der Waals surface area contributed by atoms with Crippen LogP contribution in [0.2, 0.25) is 0 Å². The molecule has 0 heterocycles. The lowest BCUT2D eigenvalue weighted by Gasteiger charge is -2.12. The van der Waals surface area contributed by atoms with Crippen LogP contribution in [0.25, 0.3) is 0 Å². The fraction of sp³-hybridized carbons (Fsp3) is 0.350. The monoisotopic (exact) mass is 343 g/mol. The zero-order chi connectivity index (χ0) is 17.2. The smallest absolute Gasteiger partial charge is 0.232 e. The molecule has 24 heavy (non-hydrogen) atoms. The predicted molar refractivity (Wildman–Crippen MR) is 102 cm³/mol. The summed E-state index contributed by atoms with van der Waals surface area (Å²) in [5.74, 6) is 1.88. The highest BCUT2D eigenvalue weighted by atomic mass is 32.2. The van der Waals surface area contributed by atoms with Gasteiger partial charge in [0.1, 0.15) is 5.75 Å². The number of methoxy groups -OCH3 is 1. The molecule has 0 aliphatic carbocycles. The Morgan fingerprint density at radius 1 is 1.12 bits per heavy atom. The van der Waals surface area contributed by atoms with Crippen LogP contribution in [0, 0.1) is 0 Å². The third-order valence-electron chi connectivity index (χ3n) is 3.83. The number of nitrogens with one attached hydrogen (secondary N) is 1. The van der Waals surface area contributed by atoms with E-state index in [9.17, 15) is 4.79 Å². The van der Waals surface area contributed by atoms with Crippen LogP contribution in [-0.4, -0.2) is 24.8 Å². The van der Waals surface area contributed by atoms with E-state index in [0.717, 1.165) is 24.3 Å². The van der Waals surface area contributed by atoms with Crippen LogP contribution in [-0.2, 0) is 17.0 Å². The van der Waals surface area contributed by atoms with Crippen LogP contribution >= 0.6 is 11.8 Å². The van der Waals surface area contributed by atoms with E-state index in [1.807, 2.05) is 43.3 Å². The fourth-order valence-electron chi connectivity index (χ4n) is 2.41. The molecule has 2 rings (SSSR count). The van der Waals surface area contributed by atoms with Crippen LogP contribution in [0.15, 0.2) is 54.6 Å². The molecule has 0 aliphatic rings. The summed E-state index contributed by atoms with van der Waals surface area (Å²) >= 11 is 1.67. The molecule has 0 unspecified atom stereocenters. The number of carbonyl (C=O) groups excluding carboxylic acids is 1. The molecule has 1 atom stereocenters. The molecule has 128 valence electrons. The molecule has 0 aliphatic heterocycles. The van der Waals surface area contributed by atoms with E-state index in [4.69, 9.17) is 4.74 Å². The molecule has 0 spiro atoms. The number of aryl methyl sites for hydroxylation is 1. The minimum absolute atomic E-state index is 0.0449. The average Bonchev–Trinajstić information content (AvgIpc) is 2.64. The highest BCUT2D eigenvalue weighted by molar-refractivity contribution is 7.99. The van der Waals surface area contributed by atoms with Gasteiger partial charge in [0.05, 0.1) is 12.4 Å². The number of ether oxygens (including phenoxy) is 1. The van der Waals surface area contributed by atoms with Gasteiger partial charge in [-0.15, -0.1) is 11.8 Å². The maximum absolute atomic E-state index is 12.1. The summed E-state index contributed by atoms with van der Waals surface area (Å²) in [4.78, 5) is 12.1. The Labute approximate surface area is 148 Å². The Hall–Kier alpha value is -1.94. The minimum atomic E-state index is -0.0449. The van der Waals surface area contributed by atoms with Gasteiger partial charge in [0.2, 0.25) is 5.91 Å². The van der Waals surface area contributed by atoms with Gasteiger partial charge in [-0.3, -0.25) is 4.79 Å². The molecule has 0 radical (unpaired) electrons. The van der Waals surface area contributed by atoms with Crippen LogP contribution in [0.5, 0.6) is 5.75 Å². The highest BCUT2D eigenvalue weighted by Gasteiger charge is 2.12. The van der Waals surface area contributed by atoms with Crippen molar-refractivity contribution in [2.75, 3.05) is 13.7 Å². The lowest BCUT2D eigenvalue weighted by atomic mass is 10.1. The largest absolute Gasteiger partial charge is 0.496 e. The van der Waals surface area contributed by atoms with Gasteiger partial charge in [-0.1, -0.05) is 48.5 Å². The molecule has 0 aromatic heterocycles. The Kier molecular flexibility index (Phi) is 7.69. The Morgan fingerprint density at radius 3 is 2.58 bits per heavy atom. The van der Waals surface area contributed by atoms with Crippen LogP contribution in [0.4, 0.5) is 0 Å². The quantitative estimate of drug-likeness (QED) is 0.698. The van der Waals surface area contributed by atoms with Crippen molar-refractivity contribution in [3.8, 4) is 5.75 Å². The van der Waals surface area contributed by atoms with E-state index >= 15 is 0 Å². The van der Waals surface area contributed by atoms with Crippen molar-refractivity contribution in [2.24, 2.45) is 0 Å². The van der Waals surface area contributed by atoms with Crippen LogP contribution < -0.4 is 10.1 Å². The zero-order valence-electron chi connectivity index (χ0n) is 14.3. The predicted octanol–water partition coefficient (Wildman–Crippen LogP) is 4.07. The summed E-state index contributed by atoms with van der Waals surface area (Å²) in [6.07, 6.45) is 1.80. The number of carbonyl (C=O) groups is 1. The maximum atomic E-state index is 12.1. The first-order valence-electron chi connectivity index (χ1n) is 8.26. The first-order chi connectivity index (χ1) is 11.7. The van der Waals surface area contributed by atoms with Crippen molar-refractivity contribution < 1.29 is 9.53 Å². The second-order valence-corrected chi connectivity index (χ2v) is 6.97. The number of para-hydroxylation sites is 1. The van der Waals surface area contributed by atoms with Gasteiger partial charge in [-0.05, 0) is 37.0 Å². The van der Waals surface area contributed by atoms with Gasteiger partial charge in [-0.2, -0.15) is 0 Å². The molecule has 1 N–H and O–H groups in total. The van der Waals surface area contributed by atoms with Crippen molar-refractivity contribution in [3.05, 3.63) is 65.7 Å². The lowest BCUT2D eigenvalue weighted by molar-refractivity contribution is -0.120. The second kappa shape index (κ2) is 10.0. The van der Waals surface area contributed by atoms with Crippen LogP contribution in [0.1, 0.15) is 24.5 Å². The van der Waals surface area contributed by atoms with Gasteiger partial charge in [-0.25, -0.2) is 0 Å². The number of amides is 1. The molecule has 2 aromatic rings. The van der Waals surface area contributed by atoms with Crippen molar-refractivity contribution >= 4 is 17.7 Å². The van der Waals surface area contributed by atoms with Gasteiger partial charge in [0.15, 0.2) is 0 Å². The molecular weight excluding hydrogens is 318 g/mol. The van der Waals surface area contributed by atoms with E-state index < -0.39 is 0 Å². The molecule has 3 nitrogen and oxygen atoms in total. The number of hydrogen-bond acceptors (Lipinski definition) is 3. The van der Waals surface area contributed by atoms with E-state index in [2.05, 4.69) is 23.5 Å². The summed E-state index contributed by atoms with van der Waals surface area (Å²) in [5, 5.41) is 2.98. The lowest BCUT2D eigenvalue weighted by Crippen LogP contribution is -2.31. The standard InChI is InChI=1S/C20H25NO2S/c1-16(24-15-17-9-4-3-5-10-17)20(22)21-14-8-12-18-11-6-7-13-19(18)23-2/h3-7,9-11,13,16H,8,12,14-15H2,1-2H3,(H,21,22)/t16-/m0/s1. The Morgan fingerprint density at radius 2 is 1.83 bits per heavy atom. The van der Waals surface area contributed by atoms with Gasteiger partial charge < -0.3 is 10.1 Å². The molecule has 0 saturated heterocycles. The average molecular weight is 343 g/mol. The summed E-state index contributed by atoms with van der Waals surface area (Å²) in [6, 6.07) is 18.3. The number of benzene rings is 2. The molecular formula is C20H25NO2S. The van der Waals surface area contributed by atoms with Crippen molar-refractivity contribution in [1.82, 2.24) is 5.32 Å². The highest BCUT2D eigenvalue weighted by Crippen LogP contribution is 2.19. The zero-order valence-corrected chi connectivity index (χ0v) is 15.1. The first-order valence-corrected chi connectivity index (χ1v) is 9.30. The third-order valence-corrected chi connectivity index (χ3v) is 5.04. The van der Waals surface area contributed by atoms with Gasteiger partial charge in [0.25, 0.3) is 0 Å². The Balaban J connectivity index is 1.67. The summed E-state index contributed by atoms with van der Waals surface area (Å²) in [7, 11) is 1.69. The van der Waals surface area contributed by atoms with E-state index in [1.54, 1.807) is 18.9 Å². The molecule has 0 bridgehead atoms. The Bertz CT molecular complexity index is 631. The number of rotatable bonds is 9. The molecule has 0 fully saturated rings. The minimum Gasteiger partial charge on any atom is -0.496 e. The summed E-state index contributed by atoms with van der Waals surface area (Å²) in [5.41, 5.74) is 2.43. The second-order valence-electron chi connectivity index (χ2n) is 5.65. The molecule has 4 heteroatoms. The first kappa shape index (κ1) is 18.4. The SMILES string of the molecule is COc1ccccc1CCCNC(=O)[C@H](C)SCc1ccccc1. The van der Waals surface area contributed by atoms with Crippen molar-refractivity contribution in [3.63, 3.8) is 0 Å². The number of thioether (sulfide) groups is 1. The number of hydrogen-bond donors (Lipinski definition) is 1. The molecule has 1 amide bonds. The topological polar surface area (TPSA) is 38.3 Å². The summed E-state index contributed by atoms with van der Waals surface area (Å²) in [6.45, 7) is 2.65. The van der Waals surface area contributed by atoms with Crippen LogP contribution in [0.3, 0.4) is 0 Å². The van der Waals surface area contributed by atoms with Gasteiger partial charge in [0, 0.05) is 12.3 Å². The molecule has 2 aromatic carbocycles.